The van der Waals surface area contributed by atoms with Gasteiger partial charge in [-0.25, -0.2) is 0 Å². The Morgan fingerprint density at radius 1 is 1.53 bits per heavy atom. The van der Waals surface area contributed by atoms with Crippen molar-refractivity contribution in [2.75, 3.05) is 11.1 Å². The molecule has 0 saturated heterocycles. The maximum absolute atomic E-state index is 10.8. The molecule has 1 rings (SSSR count). The molecule has 15 heavy (non-hydrogen) atoms. The van der Waals surface area contributed by atoms with Crippen molar-refractivity contribution in [3.63, 3.8) is 0 Å². The molecule has 0 aliphatic rings. The van der Waals surface area contributed by atoms with Crippen LogP contribution in [0.5, 0.6) is 0 Å². The van der Waals surface area contributed by atoms with E-state index in [1.54, 1.807) is 0 Å². The molecular formula is C11H14ClNOS. The fraction of sp³-hybridized carbons (Fsp3) is 0.364. The molecule has 0 bridgehead atoms. The Morgan fingerprint density at radius 2 is 2.27 bits per heavy atom. The van der Waals surface area contributed by atoms with Gasteiger partial charge in [-0.05, 0) is 47.3 Å². The van der Waals surface area contributed by atoms with Crippen LogP contribution < -0.4 is 5.32 Å². The van der Waals surface area contributed by atoms with Crippen LogP contribution >= 0.6 is 21.7 Å². The number of hydrogen-bond acceptors (Lipinski definition) is 2. The second-order valence-electron chi connectivity index (χ2n) is 3.39. The molecule has 0 saturated carbocycles. The maximum atomic E-state index is 10.8. The molecule has 0 spiro atoms. The van der Waals surface area contributed by atoms with E-state index in [4.69, 9.17) is 10.7 Å². The lowest BCUT2D eigenvalue weighted by Gasteiger charge is -2.07. The number of rotatable bonds is 4. The van der Waals surface area contributed by atoms with Crippen molar-refractivity contribution in [3.8, 4) is 0 Å². The minimum Gasteiger partial charge on any atom is -0.326 e. The lowest BCUT2D eigenvalue weighted by atomic mass is 10.1. The Balaban J connectivity index is 2.74. The highest BCUT2D eigenvalue weighted by molar-refractivity contribution is 8.21. The Kier molecular flexibility index (Phi) is 4.99. The first-order valence-corrected chi connectivity index (χ1v) is 6.55. The number of anilines is 1. The second kappa shape index (κ2) is 6.03. The monoisotopic (exact) mass is 243 g/mol. The molecule has 82 valence electrons. The van der Waals surface area contributed by atoms with Crippen LogP contribution in [0.2, 0.25) is 0 Å². The summed E-state index contributed by atoms with van der Waals surface area (Å²) in [5.41, 5.74) is 3.31. The predicted molar refractivity (Wildman–Crippen MR) is 67.5 cm³/mol. The van der Waals surface area contributed by atoms with Crippen LogP contribution in [0.3, 0.4) is 0 Å². The number of nitrogens with one attached hydrogen (secondary N) is 1. The highest BCUT2D eigenvalue weighted by Crippen LogP contribution is 2.18. The highest BCUT2D eigenvalue weighted by Gasteiger charge is 2.01. The third-order valence-corrected chi connectivity index (χ3v) is 2.93. The molecule has 0 aromatic heterocycles. The summed E-state index contributed by atoms with van der Waals surface area (Å²) in [5, 5.41) is 2.76. The zero-order valence-electron chi connectivity index (χ0n) is 8.84. The van der Waals surface area contributed by atoms with Gasteiger partial charge in [0.1, 0.15) is 0 Å². The van der Waals surface area contributed by atoms with E-state index in [0.29, 0.717) is 0 Å². The maximum Gasteiger partial charge on any atom is 0.221 e. The number of halogens is 1. The molecule has 0 aliphatic heterocycles. The molecule has 2 nitrogen and oxygen atoms in total. The number of amides is 1. The van der Waals surface area contributed by atoms with Gasteiger partial charge in [0.05, 0.1) is 0 Å². The van der Waals surface area contributed by atoms with Crippen LogP contribution in [0.25, 0.3) is 0 Å². The fourth-order valence-electron chi connectivity index (χ4n) is 1.41. The number of carbonyl (C=O) groups excluding carboxylic acids is 1. The van der Waals surface area contributed by atoms with Crippen LogP contribution in [0.15, 0.2) is 18.2 Å². The Labute approximate surface area is 98.9 Å². The molecule has 1 aromatic carbocycles. The zero-order chi connectivity index (χ0) is 11.3. The molecule has 1 N–H and O–H groups in total. The van der Waals surface area contributed by atoms with Crippen LogP contribution in [0, 0.1) is 6.92 Å². The number of carbonyl (C=O) groups is 1. The third kappa shape index (κ3) is 4.14. The third-order valence-electron chi connectivity index (χ3n) is 2.11. The summed E-state index contributed by atoms with van der Waals surface area (Å²) >= 11 is 0. The van der Waals surface area contributed by atoms with Gasteiger partial charge in [-0.2, -0.15) is 0 Å². The van der Waals surface area contributed by atoms with E-state index in [9.17, 15) is 4.79 Å². The van der Waals surface area contributed by atoms with Gasteiger partial charge in [-0.1, -0.05) is 17.0 Å². The van der Waals surface area contributed by atoms with Crippen molar-refractivity contribution in [2.45, 2.75) is 20.3 Å². The van der Waals surface area contributed by atoms with E-state index >= 15 is 0 Å². The minimum atomic E-state index is -0.0431. The van der Waals surface area contributed by atoms with Crippen molar-refractivity contribution in [1.29, 1.82) is 0 Å². The first-order chi connectivity index (χ1) is 7.13. The van der Waals surface area contributed by atoms with E-state index in [1.807, 2.05) is 25.1 Å². The highest BCUT2D eigenvalue weighted by atomic mass is 35.7. The van der Waals surface area contributed by atoms with Crippen LogP contribution in [-0.4, -0.2) is 11.7 Å². The zero-order valence-corrected chi connectivity index (χ0v) is 10.4. The largest absolute Gasteiger partial charge is 0.326 e. The Morgan fingerprint density at radius 3 is 2.80 bits per heavy atom. The molecule has 0 radical (unpaired) electrons. The Hall–Kier alpha value is -0.670. The smallest absolute Gasteiger partial charge is 0.221 e. The lowest BCUT2D eigenvalue weighted by Crippen LogP contribution is -2.06. The lowest BCUT2D eigenvalue weighted by molar-refractivity contribution is -0.114. The Bertz CT molecular complexity index is 354. The molecule has 4 heteroatoms. The van der Waals surface area contributed by atoms with Crippen LogP contribution in [0.4, 0.5) is 5.69 Å². The van der Waals surface area contributed by atoms with Crippen molar-refractivity contribution in [2.24, 2.45) is 0 Å². The number of hydrogen-bond donors (Lipinski definition) is 1. The van der Waals surface area contributed by atoms with Crippen molar-refractivity contribution >= 4 is 33.3 Å². The normalized spacial score (nSPS) is 10.1. The van der Waals surface area contributed by atoms with Crippen molar-refractivity contribution in [1.82, 2.24) is 0 Å². The van der Waals surface area contributed by atoms with Gasteiger partial charge in [0, 0.05) is 18.4 Å². The van der Waals surface area contributed by atoms with Crippen LogP contribution in [-0.2, 0) is 11.2 Å². The summed E-state index contributed by atoms with van der Waals surface area (Å²) in [5.74, 6) is 0.862. The van der Waals surface area contributed by atoms with E-state index in [0.717, 1.165) is 17.9 Å². The first-order valence-electron chi connectivity index (χ1n) is 4.74. The predicted octanol–water partition coefficient (Wildman–Crippen LogP) is 3.38. The molecular weight excluding hydrogens is 230 g/mol. The van der Waals surface area contributed by atoms with Crippen LogP contribution in [0.1, 0.15) is 18.1 Å². The molecule has 0 unspecified atom stereocenters. The molecule has 0 aliphatic carbocycles. The quantitative estimate of drug-likeness (QED) is 0.879. The molecule has 1 amide bonds. The molecule has 0 fully saturated rings. The van der Waals surface area contributed by atoms with Gasteiger partial charge >= 0.3 is 0 Å². The first kappa shape index (κ1) is 12.4. The molecule has 0 atom stereocenters. The van der Waals surface area contributed by atoms with Gasteiger partial charge in [0.25, 0.3) is 0 Å². The average Bonchev–Trinajstić information content (AvgIpc) is 2.15. The number of aryl methyl sites for hydroxylation is 2. The van der Waals surface area contributed by atoms with E-state index < -0.39 is 0 Å². The summed E-state index contributed by atoms with van der Waals surface area (Å²) in [6.07, 6.45) is 0.959. The average molecular weight is 244 g/mol. The van der Waals surface area contributed by atoms with E-state index in [1.165, 1.54) is 29.0 Å². The van der Waals surface area contributed by atoms with Gasteiger partial charge in [-0.3, -0.25) is 4.79 Å². The summed E-state index contributed by atoms with van der Waals surface area (Å²) in [6, 6.07) is 5.94. The van der Waals surface area contributed by atoms with Gasteiger partial charge in [0.15, 0.2) is 0 Å². The van der Waals surface area contributed by atoms with Gasteiger partial charge in [-0.15, -0.1) is 0 Å². The topological polar surface area (TPSA) is 29.1 Å². The number of benzene rings is 1. The molecule has 1 aromatic rings. The fourth-order valence-corrected chi connectivity index (χ4v) is 1.93. The summed E-state index contributed by atoms with van der Waals surface area (Å²) in [7, 11) is 6.89. The second-order valence-corrected chi connectivity index (χ2v) is 4.67. The van der Waals surface area contributed by atoms with E-state index in [-0.39, 0.29) is 5.91 Å². The van der Waals surface area contributed by atoms with Gasteiger partial charge < -0.3 is 5.32 Å². The molecule has 0 heterocycles. The minimum absolute atomic E-state index is 0.0431. The SMILES string of the molecule is CC(=O)Nc1ccc(CCSCl)c(C)c1. The summed E-state index contributed by atoms with van der Waals surface area (Å²) in [4.78, 5) is 10.8. The standard InChI is InChI=1S/C11H14ClNOS/c1-8-7-11(13-9(2)14)4-3-10(8)5-6-15-12/h3-4,7H,5-6H2,1-2H3,(H,13,14). The van der Waals surface area contributed by atoms with E-state index in [2.05, 4.69) is 5.32 Å². The van der Waals surface area contributed by atoms with Crippen molar-refractivity contribution < 1.29 is 4.79 Å². The summed E-state index contributed by atoms with van der Waals surface area (Å²) in [6.45, 7) is 3.55. The summed E-state index contributed by atoms with van der Waals surface area (Å²) < 4.78 is 0. The van der Waals surface area contributed by atoms with Crippen molar-refractivity contribution in [3.05, 3.63) is 29.3 Å². The van der Waals surface area contributed by atoms with Gasteiger partial charge in [0.2, 0.25) is 5.91 Å².